The number of halogens is 1. The van der Waals surface area contributed by atoms with Crippen molar-refractivity contribution in [2.24, 2.45) is 5.41 Å². The Balaban J connectivity index is 1.45. The van der Waals surface area contributed by atoms with Crippen molar-refractivity contribution in [2.75, 3.05) is 30.3 Å². The molecule has 0 bridgehead atoms. The third kappa shape index (κ3) is 5.80. The number of carbonyl (C=O) groups excluding carboxylic acids is 1. The number of pyridine rings is 1. The standard InChI is InChI=1S/C24H33ClN6O4S/c1-14-19(30-22(33)35-23(2,3)4)24(13-34-14)6-9-31(10-7-24)16-11-28-21(29-15(16)12-32)36-17-5-8-27-20(26)18(17)25/h5,8,11,14,19,32H,6-7,9-10,12-13H2,1-4H3,(H2,26,27)(H,30,33)/t14-,19+/m0/s1. The number of aliphatic hydroxyl groups is 1. The van der Waals surface area contributed by atoms with Gasteiger partial charge in [0.25, 0.3) is 0 Å². The lowest BCUT2D eigenvalue weighted by Gasteiger charge is -2.43. The average molecular weight is 537 g/mol. The van der Waals surface area contributed by atoms with E-state index in [1.165, 1.54) is 11.8 Å². The molecule has 0 unspecified atom stereocenters. The van der Waals surface area contributed by atoms with Crippen LogP contribution in [0.1, 0.15) is 46.2 Å². The van der Waals surface area contributed by atoms with Crippen LogP contribution in [0.15, 0.2) is 28.5 Å². The molecule has 2 aliphatic heterocycles. The van der Waals surface area contributed by atoms with Gasteiger partial charge in [-0.1, -0.05) is 11.6 Å². The number of amides is 1. The Kier molecular flexibility index (Phi) is 7.84. The molecule has 0 aromatic carbocycles. The van der Waals surface area contributed by atoms with Gasteiger partial charge in [0, 0.05) is 29.6 Å². The summed E-state index contributed by atoms with van der Waals surface area (Å²) in [4.78, 5) is 28.4. The molecule has 36 heavy (non-hydrogen) atoms. The molecule has 0 aliphatic carbocycles. The smallest absolute Gasteiger partial charge is 0.407 e. The first-order chi connectivity index (χ1) is 17.0. The number of aliphatic hydroxyl groups excluding tert-OH is 1. The van der Waals surface area contributed by atoms with Crippen LogP contribution < -0.4 is 16.0 Å². The van der Waals surface area contributed by atoms with E-state index in [-0.39, 0.29) is 30.0 Å². The maximum atomic E-state index is 12.5. The Morgan fingerprint density at radius 2 is 2.11 bits per heavy atom. The number of nitrogens with two attached hydrogens (primary N) is 1. The highest BCUT2D eigenvalue weighted by Crippen LogP contribution is 2.43. The monoisotopic (exact) mass is 536 g/mol. The maximum Gasteiger partial charge on any atom is 0.407 e. The molecule has 196 valence electrons. The fraction of sp³-hybridized carbons (Fsp3) is 0.583. The molecule has 2 atom stereocenters. The van der Waals surface area contributed by atoms with Gasteiger partial charge in [-0.25, -0.2) is 19.7 Å². The van der Waals surface area contributed by atoms with Crippen molar-refractivity contribution < 1.29 is 19.4 Å². The fourth-order valence-corrected chi connectivity index (χ4v) is 5.78. The summed E-state index contributed by atoms with van der Waals surface area (Å²) in [6.07, 6.45) is 4.41. The van der Waals surface area contributed by atoms with E-state index in [0.717, 1.165) is 31.6 Å². The van der Waals surface area contributed by atoms with Gasteiger partial charge in [0.05, 0.1) is 48.0 Å². The number of rotatable bonds is 5. The van der Waals surface area contributed by atoms with E-state index in [4.69, 9.17) is 26.8 Å². The van der Waals surface area contributed by atoms with Gasteiger partial charge in [0.1, 0.15) is 11.4 Å². The number of hydrogen-bond donors (Lipinski definition) is 3. The number of nitrogens with zero attached hydrogens (tertiary/aromatic N) is 4. The Labute approximate surface area is 220 Å². The highest BCUT2D eigenvalue weighted by atomic mass is 35.5. The van der Waals surface area contributed by atoms with E-state index in [0.29, 0.717) is 27.4 Å². The molecule has 2 aliphatic rings. The topological polar surface area (TPSA) is 136 Å². The van der Waals surface area contributed by atoms with Gasteiger partial charge in [-0.15, -0.1) is 0 Å². The maximum absolute atomic E-state index is 12.5. The van der Waals surface area contributed by atoms with Crippen LogP contribution >= 0.6 is 23.4 Å². The highest BCUT2D eigenvalue weighted by Gasteiger charge is 2.50. The van der Waals surface area contributed by atoms with Crippen molar-refractivity contribution in [1.29, 1.82) is 0 Å². The molecule has 2 fully saturated rings. The Bertz CT molecular complexity index is 1110. The summed E-state index contributed by atoms with van der Waals surface area (Å²) < 4.78 is 11.5. The lowest BCUT2D eigenvalue weighted by Crippen LogP contribution is -2.55. The third-order valence-corrected chi connectivity index (χ3v) is 8.04. The Morgan fingerprint density at radius 3 is 2.78 bits per heavy atom. The molecular formula is C24H33ClN6O4S. The number of anilines is 2. The minimum absolute atomic E-state index is 0.106. The zero-order valence-electron chi connectivity index (χ0n) is 21.0. The molecule has 2 aromatic rings. The number of ether oxygens (including phenoxy) is 2. The lowest BCUT2D eigenvalue weighted by atomic mass is 9.73. The molecule has 12 heteroatoms. The predicted octanol–water partition coefficient (Wildman–Crippen LogP) is 3.65. The van der Waals surface area contributed by atoms with E-state index in [1.54, 1.807) is 18.5 Å². The molecule has 2 aromatic heterocycles. The average Bonchev–Trinajstić information content (AvgIpc) is 3.11. The predicted molar refractivity (Wildman–Crippen MR) is 138 cm³/mol. The number of carbonyl (C=O) groups is 1. The first-order valence-electron chi connectivity index (χ1n) is 11.9. The summed E-state index contributed by atoms with van der Waals surface area (Å²) in [7, 11) is 0. The number of alkyl carbamates (subject to hydrolysis) is 1. The molecule has 0 radical (unpaired) electrons. The molecule has 0 saturated carbocycles. The van der Waals surface area contributed by atoms with Gasteiger partial charge in [-0.2, -0.15) is 0 Å². The highest BCUT2D eigenvalue weighted by molar-refractivity contribution is 7.99. The van der Waals surface area contributed by atoms with Crippen molar-refractivity contribution in [3.63, 3.8) is 0 Å². The van der Waals surface area contributed by atoms with Crippen LogP contribution in [0.4, 0.5) is 16.3 Å². The molecule has 2 saturated heterocycles. The quantitative estimate of drug-likeness (QED) is 0.486. The zero-order chi connectivity index (χ0) is 26.1. The van der Waals surface area contributed by atoms with E-state index < -0.39 is 11.7 Å². The van der Waals surface area contributed by atoms with Crippen molar-refractivity contribution in [1.82, 2.24) is 20.3 Å². The SMILES string of the molecule is C[C@@H]1OCC2(CCN(c3cnc(Sc4ccnc(N)c4Cl)nc3CO)CC2)[C@@H]1NC(=O)OC(C)(C)C. The zero-order valence-corrected chi connectivity index (χ0v) is 22.5. The number of piperidine rings is 1. The largest absolute Gasteiger partial charge is 0.444 e. The minimum Gasteiger partial charge on any atom is -0.444 e. The molecule has 1 amide bonds. The van der Waals surface area contributed by atoms with Crippen LogP contribution in [-0.4, -0.2) is 63.6 Å². The van der Waals surface area contributed by atoms with Gasteiger partial charge < -0.3 is 30.5 Å². The number of nitrogens with one attached hydrogen (secondary N) is 1. The minimum atomic E-state index is -0.566. The van der Waals surface area contributed by atoms with E-state index >= 15 is 0 Å². The summed E-state index contributed by atoms with van der Waals surface area (Å²) in [6.45, 7) is 9.33. The summed E-state index contributed by atoms with van der Waals surface area (Å²) >= 11 is 7.51. The van der Waals surface area contributed by atoms with Crippen LogP contribution in [0.2, 0.25) is 5.02 Å². The van der Waals surface area contributed by atoms with Gasteiger partial charge in [-0.3, -0.25) is 0 Å². The van der Waals surface area contributed by atoms with Gasteiger partial charge in [0.15, 0.2) is 5.16 Å². The number of nitrogen functional groups attached to an aromatic ring is 1. The number of hydrogen-bond acceptors (Lipinski definition) is 10. The van der Waals surface area contributed by atoms with Crippen LogP contribution in [0.3, 0.4) is 0 Å². The molecular weight excluding hydrogens is 504 g/mol. The molecule has 4 heterocycles. The van der Waals surface area contributed by atoms with Gasteiger partial charge in [-0.05, 0) is 58.4 Å². The van der Waals surface area contributed by atoms with E-state index in [9.17, 15) is 9.90 Å². The third-order valence-electron chi connectivity index (χ3n) is 6.59. The lowest BCUT2D eigenvalue weighted by molar-refractivity contribution is 0.0434. The number of aromatic nitrogens is 3. The summed E-state index contributed by atoms with van der Waals surface area (Å²) in [5.41, 5.74) is 6.38. The van der Waals surface area contributed by atoms with E-state index in [2.05, 4.69) is 25.2 Å². The van der Waals surface area contributed by atoms with Crippen molar-refractivity contribution in [3.05, 3.63) is 29.2 Å². The van der Waals surface area contributed by atoms with Crippen LogP contribution in [0.5, 0.6) is 0 Å². The molecule has 4 N–H and O–H groups in total. The summed E-state index contributed by atoms with van der Waals surface area (Å²) in [5, 5.41) is 13.9. The Morgan fingerprint density at radius 1 is 1.39 bits per heavy atom. The summed E-state index contributed by atoms with van der Waals surface area (Å²) in [5.74, 6) is 0.243. The van der Waals surface area contributed by atoms with Gasteiger partial charge >= 0.3 is 6.09 Å². The molecule has 1 spiro atoms. The summed E-state index contributed by atoms with van der Waals surface area (Å²) in [6, 6.07) is 1.61. The van der Waals surface area contributed by atoms with E-state index in [1.807, 2.05) is 27.7 Å². The van der Waals surface area contributed by atoms with Crippen LogP contribution in [0.25, 0.3) is 0 Å². The van der Waals surface area contributed by atoms with Crippen LogP contribution in [-0.2, 0) is 16.1 Å². The van der Waals surface area contributed by atoms with Crippen LogP contribution in [0, 0.1) is 5.41 Å². The van der Waals surface area contributed by atoms with Crippen molar-refractivity contribution in [2.45, 2.75) is 74.9 Å². The fourth-order valence-electron chi connectivity index (χ4n) is 4.78. The Hall–Kier alpha value is -2.34. The molecule has 4 rings (SSSR count). The second-order valence-electron chi connectivity index (χ2n) is 10.2. The first kappa shape index (κ1) is 26.7. The van der Waals surface area contributed by atoms with Crippen molar-refractivity contribution in [3.8, 4) is 0 Å². The van der Waals surface area contributed by atoms with Crippen molar-refractivity contribution >= 4 is 41.0 Å². The second-order valence-corrected chi connectivity index (χ2v) is 11.6. The van der Waals surface area contributed by atoms with Gasteiger partial charge in [0.2, 0.25) is 0 Å². The normalized spacial score (nSPS) is 21.6. The first-order valence-corrected chi connectivity index (χ1v) is 13.1. The molecule has 10 nitrogen and oxygen atoms in total. The second kappa shape index (κ2) is 10.6.